The summed E-state index contributed by atoms with van der Waals surface area (Å²) < 4.78 is 3.41. The molecule has 2 aromatic heterocycles. The van der Waals surface area contributed by atoms with Crippen molar-refractivity contribution in [3.63, 3.8) is 0 Å². The number of para-hydroxylation sites is 1. The molecular formula is C24H23ClN6O2. The van der Waals surface area contributed by atoms with Gasteiger partial charge in [0.15, 0.2) is 0 Å². The number of rotatable bonds is 4. The molecule has 0 fully saturated rings. The summed E-state index contributed by atoms with van der Waals surface area (Å²) in [6.07, 6.45) is 3.35. The molecule has 4 aromatic rings. The third-order valence-corrected chi connectivity index (χ3v) is 6.11. The zero-order valence-electron chi connectivity index (χ0n) is 18.2. The van der Waals surface area contributed by atoms with Crippen LogP contribution in [-0.4, -0.2) is 36.8 Å². The number of aromatic nitrogens is 4. The number of aliphatic hydroxyl groups is 1. The van der Waals surface area contributed by atoms with Gasteiger partial charge in [-0.3, -0.25) is 10.00 Å². The van der Waals surface area contributed by atoms with Gasteiger partial charge in [-0.05, 0) is 42.3 Å². The normalized spacial score (nSPS) is 17.1. The van der Waals surface area contributed by atoms with E-state index in [1.54, 1.807) is 27.7 Å². The zero-order valence-corrected chi connectivity index (χ0v) is 18.9. The minimum atomic E-state index is -0.727. The van der Waals surface area contributed by atoms with E-state index in [0.717, 1.165) is 33.6 Å². The number of hydrogen-bond acceptors (Lipinski definition) is 4. The van der Waals surface area contributed by atoms with E-state index in [1.165, 1.54) is 0 Å². The molecule has 0 aliphatic heterocycles. The quantitative estimate of drug-likeness (QED) is 0.427. The lowest BCUT2D eigenvalue weighted by atomic mass is 10.1. The summed E-state index contributed by atoms with van der Waals surface area (Å²) >= 11 is 6.15. The number of aliphatic hydroxyl groups excluding tert-OH is 1. The van der Waals surface area contributed by atoms with E-state index in [0.29, 0.717) is 17.3 Å². The van der Waals surface area contributed by atoms with Gasteiger partial charge in [0.1, 0.15) is 11.5 Å². The van der Waals surface area contributed by atoms with Crippen molar-refractivity contribution >= 4 is 23.4 Å². The van der Waals surface area contributed by atoms with Crippen molar-refractivity contribution in [2.45, 2.75) is 25.5 Å². The minimum absolute atomic E-state index is 0.440. The van der Waals surface area contributed by atoms with Crippen LogP contribution in [0.25, 0.3) is 16.9 Å². The van der Waals surface area contributed by atoms with Crippen molar-refractivity contribution in [3.05, 3.63) is 82.6 Å². The Bertz CT molecular complexity index is 1330. The molecule has 1 aliphatic rings. The Balaban J connectivity index is 1.47. The fraction of sp³-hybridized carbons (Fsp3) is 0.208. The highest BCUT2D eigenvalue weighted by molar-refractivity contribution is 6.30. The molecule has 0 saturated heterocycles. The van der Waals surface area contributed by atoms with E-state index >= 15 is 0 Å². The molecule has 0 saturated carbocycles. The number of amides is 2. The molecule has 2 atom stereocenters. The van der Waals surface area contributed by atoms with Gasteiger partial charge in [0.05, 0.1) is 24.0 Å². The molecule has 8 nitrogen and oxygen atoms in total. The number of carbonyl (C=O) groups excluding carboxylic acids is 1. The minimum Gasteiger partial charge on any atom is -0.390 e. The second-order valence-corrected chi connectivity index (χ2v) is 8.60. The highest BCUT2D eigenvalue weighted by Crippen LogP contribution is 2.34. The first kappa shape index (κ1) is 21.2. The van der Waals surface area contributed by atoms with E-state index in [-0.39, 0.29) is 0 Å². The van der Waals surface area contributed by atoms with E-state index in [2.05, 4.69) is 15.7 Å². The number of urea groups is 1. The van der Waals surface area contributed by atoms with Crippen LogP contribution in [0.4, 0.5) is 10.6 Å². The number of anilines is 1. The number of benzene rings is 2. The zero-order chi connectivity index (χ0) is 23.1. The summed E-state index contributed by atoms with van der Waals surface area (Å²) in [4.78, 5) is 13.1. The van der Waals surface area contributed by atoms with Crippen LogP contribution in [0.3, 0.4) is 0 Å². The number of fused-ring (bicyclic) bond motifs is 1. The molecule has 9 heteroatoms. The molecule has 2 amide bonds. The maximum Gasteiger partial charge on any atom is 0.320 e. The van der Waals surface area contributed by atoms with Crippen molar-refractivity contribution < 1.29 is 9.90 Å². The SMILES string of the molecule is Cc1c(-c2cnn(C)c2)nn(-c2ccccc2)c1NC(=O)N[C@@H]1c2cc(Cl)ccc2C[C@H]1O. The summed E-state index contributed by atoms with van der Waals surface area (Å²) in [5.74, 6) is 0.538. The molecule has 1 aliphatic carbocycles. The van der Waals surface area contributed by atoms with Crippen LogP contribution in [-0.2, 0) is 13.5 Å². The number of carbonyl (C=O) groups is 1. The Morgan fingerprint density at radius 2 is 2.00 bits per heavy atom. The van der Waals surface area contributed by atoms with E-state index in [9.17, 15) is 9.90 Å². The van der Waals surface area contributed by atoms with Gasteiger partial charge in [0.25, 0.3) is 0 Å². The average Bonchev–Trinajstić information content (AvgIpc) is 3.46. The Morgan fingerprint density at radius 3 is 2.73 bits per heavy atom. The monoisotopic (exact) mass is 462 g/mol. The van der Waals surface area contributed by atoms with Crippen molar-refractivity contribution in [2.75, 3.05) is 5.32 Å². The average molecular weight is 463 g/mol. The van der Waals surface area contributed by atoms with Gasteiger partial charge < -0.3 is 10.4 Å². The first-order valence-electron chi connectivity index (χ1n) is 10.6. The third kappa shape index (κ3) is 3.99. The van der Waals surface area contributed by atoms with E-state index in [1.807, 2.05) is 56.6 Å². The van der Waals surface area contributed by atoms with Crippen LogP contribution in [0.1, 0.15) is 22.7 Å². The van der Waals surface area contributed by atoms with Crippen molar-refractivity contribution in [3.8, 4) is 16.9 Å². The number of halogens is 1. The molecule has 0 unspecified atom stereocenters. The Hall–Kier alpha value is -3.62. The van der Waals surface area contributed by atoms with Crippen LogP contribution in [0.15, 0.2) is 60.9 Å². The molecule has 0 radical (unpaired) electrons. The number of hydrogen-bond donors (Lipinski definition) is 3. The highest BCUT2D eigenvalue weighted by atomic mass is 35.5. The fourth-order valence-corrected chi connectivity index (χ4v) is 4.45. The first-order chi connectivity index (χ1) is 15.9. The molecule has 168 valence electrons. The summed E-state index contributed by atoms with van der Waals surface area (Å²) in [5.41, 5.74) is 4.99. The Morgan fingerprint density at radius 1 is 1.21 bits per heavy atom. The summed E-state index contributed by atoms with van der Waals surface area (Å²) in [5, 5.41) is 26.0. The highest BCUT2D eigenvalue weighted by Gasteiger charge is 2.33. The van der Waals surface area contributed by atoms with Gasteiger partial charge in [-0.15, -0.1) is 0 Å². The predicted octanol–water partition coefficient (Wildman–Crippen LogP) is 4.01. The van der Waals surface area contributed by atoms with Gasteiger partial charge in [-0.25, -0.2) is 9.48 Å². The second-order valence-electron chi connectivity index (χ2n) is 8.16. The standard InChI is InChI=1S/C24H23ClN6O2/c1-14-21(16-12-26-30(2)13-16)29-31(18-6-4-3-5-7-18)23(14)28-24(33)27-22-19-11-17(25)9-8-15(19)10-20(22)32/h3-9,11-13,20,22,32H,10H2,1-2H3,(H2,27,28,33)/t20-,22-/m1/s1. The van der Waals surface area contributed by atoms with Crippen molar-refractivity contribution in [1.82, 2.24) is 24.9 Å². The van der Waals surface area contributed by atoms with Gasteiger partial charge >= 0.3 is 6.03 Å². The van der Waals surface area contributed by atoms with Gasteiger partial charge in [0.2, 0.25) is 0 Å². The smallest absolute Gasteiger partial charge is 0.320 e. The molecule has 3 N–H and O–H groups in total. The molecule has 0 spiro atoms. The van der Waals surface area contributed by atoms with Crippen LogP contribution >= 0.6 is 11.6 Å². The van der Waals surface area contributed by atoms with Gasteiger partial charge in [-0.1, -0.05) is 35.9 Å². The predicted molar refractivity (Wildman–Crippen MR) is 127 cm³/mol. The number of nitrogens with one attached hydrogen (secondary N) is 2. The third-order valence-electron chi connectivity index (χ3n) is 5.88. The van der Waals surface area contributed by atoms with Crippen LogP contribution in [0, 0.1) is 6.92 Å². The lowest BCUT2D eigenvalue weighted by Crippen LogP contribution is -2.37. The fourth-order valence-electron chi connectivity index (χ4n) is 4.27. The van der Waals surface area contributed by atoms with Crippen LogP contribution < -0.4 is 10.6 Å². The van der Waals surface area contributed by atoms with Crippen LogP contribution in [0.5, 0.6) is 0 Å². The van der Waals surface area contributed by atoms with Gasteiger partial charge in [-0.2, -0.15) is 10.2 Å². The maximum absolute atomic E-state index is 13.1. The topological polar surface area (TPSA) is 97.0 Å². The summed E-state index contributed by atoms with van der Waals surface area (Å²) in [6, 6.07) is 14.1. The molecule has 2 heterocycles. The summed E-state index contributed by atoms with van der Waals surface area (Å²) in [7, 11) is 1.84. The lowest BCUT2D eigenvalue weighted by Gasteiger charge is -2.19. The molecule has 33 heavy (non-hydrogen) atoms. The molecular weight excluding hydrogens is 440 g/mol. The second kappa shape index (κ2) is 8.38. The van der Waals surface area contributed by atoms with Crippen molar-refractivity contribution in [2.24, 2.45) is 7.05 Å². The Labute approximate surface area is 195 Å². The summed E-state index contributed by atoms with van der Waals surface area (Å²) in [6.45, 7) is 1.91. The molecule has 0 bridgehead atoms. The molecule has 5 rings (SSSR count). The van der Waals surface area contributed by atoms with E-state index in [4.69, 9.17) is 16.7 Å². The number of nitrogens with zero attached hydrogens (tertiary/aromatic N) is 4. The van der Waals surface area contributed by atoms with Crippen LogP contribution in [0.2, 0.25) is 5.02 Å². The van der Waals surface area contributed by atoms with Gasteiger partial charge in [0, 0.05) is 35.8 Å². The lowest BCUT2D eigenvalue weighted by molar-refractivity contribution is 0.144. The van der Waals surface area contributed by atoms with Crippen molar-refractivity contribution in [1.29, 1.82) is 0 Å². The Kier molecular flexibility index (Phi) is 5.39. The first-order valence-corrected chi connectivity index (χ1v) is 11.0. The van der Waals surface area contributed by atoms with E-state index < -0.39 is 18.2 Å². The largest absolute Gasteiger partial charge is 0.390 e. The molecule has 2 aromatic carbocycles. The maximum atomic E-state index is 13.1. The number of aryl methyl sites for hydroxylation is 1.